The molecule has 1 saturated heterocycles. The molecule has 5 heteroatoms. The Morgan fingerprint density at radius 1 is 1.33 bits per heavy atom. The van der Waals surface area contributed by atoms with Crippen molar-refractivity contribution in [3.63, 3.8) is 0 Å². The van der Waals surface area contributed by atoms with Gasteiger partial charge in [-0.3, -0.25) is 4.79 Å². The average Bonchev–Trinajstić information content (AvgIpc) is 2.90. The molecule has 0 aromatic heterocycles. The lowest BCUT2D eigenvalue weighted by molar-refractivity contribution is -0.119. The minimum absolute atomic E-state index is 0.00558. The maximum atomic E-state index is 11.6. The number of benzene rings is 1. The Labute approximate surface area is 130 Å². The number of carbonyl (C=O) groups is 1. The van der Waals surface area contributed by atoms with Crippen LogP contribution in [0.5, 0.6) is 11.5 Å². The van der Waals surface area contributed by atoms with Gasteiger partial charge in [-0.25, -0.2) is 0 Å². The number of hydrogen-bond acceptors (Lipinski definition) is 4. The van der Waals surface area contributed by atoms with Crippen LogP contribution in [0.1, 0.15) is 31.7 Å². The molecule has 21 heavy (non-hydrogen) atoms. The van der Waals surface area contributed by atoms with Crippen LogP contribution in [0.4, 0.5) is 0 Å². The maximum Gasteiger partial charge on any atom is 0.234 e. The first-order chi connectivity index (χ1) is 10.2. The molecule has 4 nitrogen and oxygen atoms in total. The zero-order chi connectivity index (χ0) is 15.1. The van der Waals surface area contributed by atoms with Crippen LogP contribution < -0.4 is 14.8 Å². The van der Waals surface area contributed by atoms with Crippen molar-refractivity contribution in [2.45, 2.75) is 37.9 Å². The summed E-state index contributed by atoms with van der Waals surface area (Å²) in [5.41, 5.74) is 1.10. The summed E-state index contributed by atoms with van der Waals surface area (Å²) >= 11 is 1.65. The van der Waals surface area contributed by atoms with Crippen LogP contribution in [0.25, 0.3) is 0 Å². The van der Waals surface area contributed by atoms with Crippen LogP contribution in [0.2, 0.25) is 0 Å². The SMILES string of the molecule is CCCCCOc1ccc(CC2SCNC2=O)cc1OC. The highest BCUT2D eigenvalue weighted by Gasteiger charge is 2.25. The topological polar surface area (TPSA) is 47.6 Å². The summed E-state index contributed by atoms with van der Waals surface area (Å²) in [5, 5.41) is 2.84. The van der Waals surface area contributed by atoms with Crippen LogP contribution >= 0.6 is 11.8 Å². The molecule has 1 heterocycles. The van der Waals surface area contributed by atoms with E-state index in [-0.39, 0.29) is 11.2 Å². The lowest BCUT2D eigenvalue weighted by Crippen LogP contribution is -2.24. The van der Waals surface area contributed by atoms with Crippen LogP contribution in [-0.4, -0.2) is 30.8 Å². The largest absolute Gasteiger partial charge is 0.493 e. The number of nitrogens with one attached hydrogen (secondary N) is 1. The predicted octanol–water partition coefficient (Wildman–Crippen LogP) is 3.00. The van der Waals surface area contributed by atoms with Crippen molar-refractivity contribution in [2.75, 3.05) is 19.6 Å². The number of carbonyl (C=O) groups excluding carboxylic acids is 1. The van der Waals surface area contributed by atoms with E-state index in [1.807, 2.05) is 18.2 Å². The van der Waals surface area contributed by atoms with Gasteiger partial charge in [-0.15, -0.1) is 11.8 Å². The molecule has 0 saturated carbocycles. The van der Waals surface area contributed by atoms with Crippen molar-refractivity contribution < 1.29 is 14.3 Å². The second kappa shape index (κ2) is 8.17. The molecule has 1 unspecified atom stereocenters. The van der Waals surface area contributed by atoms with Crippen LogP contribution in [0, 0.1) is 0 Å². The minimum Gasteiger partial charge on any atom is -0.493 e. The Morgan fingerprint density at radius 2 is 2.19 bits per heavy atom. The van der Waals surface area contributed by atoms with Crippen molar-refractivity contribution in [2.24, 2.45) is 0 Å². The quantitative estimate of drug-likeness (QED) is 0.750. The number of rotatable bonds is 8. The number of unbranched alkanes of at least 4 members (excludes halogenated alkanes) is 2. The summed E-state index contributed by atoms with van der Waals surface area (Å²) in [6.45, 7) is 2.89. The molecule has 1 aliphatic heterocycles. The lowest BCUT2D eigenvalue weighted by Gasteiger charge is -2.13. The van der Waals surface area contributed by atoms with Gasteiger partial charge in [0.05, 0.1) is 24.8 Å². The number of ether oxygens (including phenoxy) is 2. The number of methoxy groups -OCH3 is 1. The predicted molar refractivity (Wildman–Crippen MR) is 86.1 cm³/mol. The standard InChI is InChI=1S/C16H23NO3S/c1-3-4-5-8-20-13-7-6-12(9-14(13)19-2)10-15-16(18)17-11-21-15/h6-7,9,15H,3-5,8,10-11H2,1-2H3,(H,17,18). The Balaban J connectivity index is 1.96. The second-order valence-corrected chi connectivity index (χ2v) is 6.28. The van der Waals surface area contributed by atoms with Crippen molar-refractivity contribution in [3.05, 3.63) is 23.8 Å². The third kappa shape index (κ3) is 4.56. The minimum atomic E-state index is 0.00558. The number of amides is 1. The second-order valence-electron chi connectivity index (χ2n) is 5.09. The van der Waals surface area contributed by atoms with E-state index in [0.717, 1.165) is 29.9 Å². The summed E-state index contributed by atoms with van der Waals surface area (Å²) in [6.07, 6.45) is 4.14. The van der Waals surface area contributed by atoms with Gasteiger partial charge in [0, 0.05) is 0 Å². The van der Waals surface area contributed by atoms with Gasteiger partial charge in [-0.1, -0.05) is 25.8 Å². The van der Waals surface area contributed by atoms with Crippen molar-refractivity contribution in [1.29, 1.82) is 0 Å². The van der Waals surface area contributed by atoms with Crippen LogP contribution in [-0.2, 0) is 11.2 Å². The molecule has 1 amide bonds. The van der Waals surface area contributed by atoms with E-state index >= 15 is 0 Å². The fourth-order valence-electron chi connectivity index (χ4n) is 2.26. The molecular formula is C16H23NO3S. The first-order valence-corrected chi connectivity index (χ1v) is 8.48. The smallest absolute Gasteiger partial charge is 0.234 e. The van der Waals surface area contributed by atoms with Crippen molar-refractivity contribution >= 4 is 17.7 Å². The normalized spacial score (nSPS) is 17.6. The van der Waals surface area contributed by atoms with Gasteiger partial charge in [-0.05, 0) is 30.5 Å². The molecule has 2 rings (SSSR count). The Bertz CT molecular complexity index is 479. The molecule has 1 aliphatic rings. The van der Waals surface area contributed by atoms with Gasteiger partial charge < -0.3 is 14.8 Å². The number of hydrogen-bond donors (Lipinski definition) is 1. The fourth-order valence-corrected chi connectivity index (χ4v) is 3.23. The molecule has 0 aliphatic carbocycles. The summed E-state index contributed by atoms with van der Waals surface area (Å²) in [4.78, 5) is 11.6. The van der Waals surface area contributed by atoms with E-state index < -0.39 is 0 Å². The molecule has 1 atom stereocenters. The summed E-state index contributed by atoms with van der Waals surface area (Å²) in [7, 11) is 1.65. The third-order valence-corrected chi connectivity index (χ3v) is 4.57. The van der Waals surface area contributed by atoms with E-state index in [0.29, 0.717) is 12.5 Å². The van der Waals surface area contributed by atoms with E-state index in [1.54, 1.807) is 18.9 Å². The first kappa shape index (κ1) is 16.0. The molecule has 116 valence electrons. The van der Waals surface area contributed by atoms with Crippen molar-refractivity contribution in [1.82, 2.24) is 5.32 Å². The van der Waals surface area contributed by atoms with E-state index in [4.69, 9.17) is 9.47 Å². The van der Waals surface area contributed by atoms with Gasteiger partial charge in [0.15, 0.2) is 11.5 Å². The van der Waals surface area contributed by atoms with Crippen molar-refractivity contribution in [3.8, 4) is 11.5 Å². The van der Waals surface area contributed by atoms with Gasteiger partial charge in [-0.2, -0.15) is 0 Å². The van der Waals surface area contributed by atoms with Gasteiger partial charge in [0.1, 0.15) is 0 Å². The molecule has 0 radical (unpaired) electrons. The lowest BCUT2D eigenvalue weighted by atomic mass is 10.1. The van der Waals surface area contributed by atoms with Crippen LogP contribution in [0.15, 0.2) is 18.2 Å². The molecule has 0 spiro atoms. The average molecular weight is 309 g/mol. The number of thioether (sulfide) groups is 1. The Morgan fingerprint density at radius 3 is 2.86 bits per heavy atom. The molecule has 1 aromatic carbocycles. The highest BCUT2D eigenvalue weighted by atomic mass is 32.2. The molecule has 1 aromatic rings. The monoisotopic (exact) mass is 309 g/mol. The van der Waals surface area contributed by atoms with Crippen LogP contribution in [0.3, 0.4) is 0 Å². The Kier molecular flexibility index (Phi) is 6.23. The summed E-state index contributed by atoms with van der Waals surface area (Å²) < 4.78 is 11.2. The third-order valence-electron chi connectivity index (χ3n) is 3.48. The van der Waals surface area contributed by atoms with Gasteiger partial charge >= 0.3 is 0 Å². The molecule has 1 N–H and O–H groups in total. The molecular weight excluding hydrogens is 286 g/mol. The first-order valence-electron chi connectivity index (χ1n) is 7.43. The van der Waals surface area contributed by atoms with E-state index in [9.17, 15) is 4.79 Å². The maximum absolute atomic E-state index is 11.6. The highest BCUT2D eigenvalue weighted by molar-refractivity contribution is 8.01. The van der Waals surface area contributed by atoms with E-state index in [2.05, 4.69) is 12.2 Å². The zero-order valence-corrected chi connectivity index (χ0v) is 13.5. The van der Waals surface area contributed by atoms with E-state index in [1.165, 1.54) is 12.8 Å². The van der Waals surface area contributed by atoms with Gasteiger partial charge in [0.25, 0.3) is 0 Å². The highest BCUT2D eigenvalue weighted by Crippen LogP contribution is 2.30. The summed E-state index contributed by atoms with van der Waals surface area (Å²) in [5.74, 6) is 2.35. The molecule has 0 bridgehead atoms. The molecule has 1 fully saturated rings. The van der Waals surface area contributed by atoms with Gasteiger partial charge in [0.2, 0.25) is 5.91 Å². The Hall–Kier alpha value is -1.36. The fraction of sp³-hybridized carbons (Fsp3) is 0.562. The summed E-state index contributed by atoms with van der Waals surface area (Å²) in [6, 6.07) is 5.93. The zero-order valence-electron chi connectivity index (χ0n) is 12.7.